The molecule has 1 aromatic heterocycles. The number of rotatable bonds is 3. The molecule has 3 heteroatoms. The van der Waals surface area contributed by atoms with Gasteiger partial charge >= 0.3 is 6.01 Å². The highest BCUT2D eigenvalue weighted by Crippen LogP contribution is 2.18. The van der Waals surface area contributed by atoms with Gasteiger partial charge in [-0.25, -0.2) is 4.98 Å². The third-order valence-corrected chi connectivity index (χ3v) is 2.25. The van der Waals surface area contributed by atoms with Gasteiger partial charge in [0.15, 0.2) is 0 Å². The smallest absolute Gasteiger partial charge is 0.316 e. The van der Waals surface area contributed by atoms with E-state index in [0.29, 0.717) is 12.6 Å². The van der Waals surface area contributed by atoms with Crippen LogP contribution in [0.25, 0.3) is 11.3 Å². The third kappa shape index (κ3) is 3.84. The minimum Gasteiger partial charge on any atom is -0.464 e. The van der Waals surface area contributed by atoms with Crippen LogP contribution in [-0.4, -0.2) is 16.6 Å². The molecule has 0 aliphatic heterocycles. The second kappa shape index (κ2) is 7.43. The van der Waals surface area contributed by atoms with E-state index in [1.54, 1.807) is 6.20 Å². The summed E-state index contributed by atoms with van der Waals surface area (Å²) in [4.78, 5) is 8.37. The van der Waals surface area contributed by atoms with Crippen LogP contribution in [0, 0.1) is 6.92 Å². The molecule has 1 aromatic carbocycles. The third-order valence-electron chi connectivity index (χ3n) is 2.25. The predicted octanol–water partition coefficient (Wildman–Crippen LogP) is 3.88. The average molecular weight is 244 g/mol. The molecule has 0 unspecified atom stereocenters. The van der Waals surface area contributed by atoms with Crippen LogP contribution < -0.4 is 4.74 Å². The van der Waals surface area contributed by atoms with E-state index < -0.39 is 0 Å². The fourth-order valence-corrected chi connectivity index (χ4v) is 1.42. The lowest BCUT2D eigenvalue weighted by Gasteiger charge is -2.04. The first-order valence-electron chi connectivity index (χ1n) is 6.32. The molecular formula is C15H20N2O. The van der Waals surface area contributed by atoms with Crippen LogP contribution in [-0.2, 0) is 0 Å². The Kier molecular flexibility index (Phi) is 5.85. The van der Waals surface area contributed by atoms with Crippen molar-refractivity contribution in [3.8, 4) is 17.3 Å². The molecule has 0 saturated heterocycles. The molecule has 0 fully saturated rings. The minimum atomic E-state index is 0.431. The van der Waals surface area contributed by atoms with Crippen LogP contribution in [0.15, 0.2) is 36.5 Å². The lowest BCUT2D eigenvalue weighted by atomic mass is 10.1. The number of aryl methyl sites for hydroxylation is 1. The number of aromatic nitrogens is 2. The van der Waals surface area contributed by atoms with Crippen molar-refractivity contribution < 1.29 is 4.74 Å². The van der Waals surface area contributed by atoms with Gasteiger partial charge in [-0.2, -0.15) is 4.98 Å². The lowest BCUT2D eigenvalue weighted by Crippen LogP contribution is -1.97. The van der Waals surface area contributed by atoms with E-state index in [2.05, 4.69) is 29.0 Å². The lowest BCUT2D eigenvalue weighted by molar-refractivity contribution is 0.313. The van der Waals surface area contributed by atoms with E-state index in [1.165, 1.54) is 5.56 Å². The molecule has 2 rings (SSSR count). The molecule has 0 aliphatic rings. The van der Waals surface area contributed by atoms with Crippen LogP contribution >= 0.6 is 0 Å². The summed E-state index contributed by atoms with van der Waals surface area (Å²) >= 11 is 0. The number of hydrogen-bond acceptors (Lipinski definition) is 3. The molecule has 96 valence electrons. The van der Waals surface area contributed by atoms with Crippen molar-refractivity contribution in [2.24, 2.45) is 0 Å². The van der Waals surface area contributed by atoms with Gasteiger partial charge in [-0.05, 0) is 19.9 Å². The van der Waals surface area contributed by atoms with Crippen molar-refractivity contribution in [3.05, 3.63) is 42.1 Å². The van der Waals surface area contributed by atoms with Crippen LogP contribution in [0.2, 0.25) is 0 Å². The van der Waals surface area contributed by atoms with Gasteiger partial charge in [0.1, 0.15) is 0 Å². The fraction of sp³-hybridized carbons (Fsp3) is 0.333. The number of benzene rings is 1. The Balaban J connectivity index is 0.000000771. The highest BCUT2D eigenvalue weighted by molar-refractivity contribution is 5.59. The molecule has 0 bridgehead atoms. The summed E-state index contributed by atoms with van der Waals surface area (Å²) in [5, 5.41) is 0. The molecule has 2 aromatic rings. The first kappa shape index (κ1) is 14.2. The zero-order valence-electron chi connectivity index (χ0n) is 11.5. The van der Waals surface area contributed by atoms with Crippen molar-refractivity contribution in [1.82, 2.24) is 9.97 Å². The molecule has 0 N–H and O–H groups in total. The van der Waals surface area contributed by atoms with E-state index in [-0.39, 0.29) is 0 Å². The molecule has 0 amide bonds. The van der Waals surface area contributed by atoms with Crippen LogP contribution in [0.5, 0.6) is 6.01 Å². The zero-order valence-corrected chi connectivity index (χ0v) is 11.5. The quantitative estimate of drug-likeness (QED) is 0.822. The Bertz CT molecular complexity index is 466. The van der Waals surface area contributed by atoms with E-state index in [1.807, 2.05) is 39.0 Å². The highest BCUT2D eigenvalue weighted by atomic mass is 16.5. The largest absolute Gasteiger partial charge is 0.464 e. The number of hydrogen-bond donors (Lipinski definition) is 0. The van der Waals surface area contributed by atoms with Gasteiger partial charge in [0, 0.05) is 11.8 Å². The molecular weight excluding hydrogens is 224 g/mol. The summed E-state index contributed by atoms with van der Waals surface area (Å²) in [6.45, 7) is 8.56. The zero-order chi connectivity index (χ0) is 13.4. The van der Waals surface area contributed by atoms with Crippen molar-refractivity contribution >= 4 is 0 Å². The SMILES string of the molecule is CC.CCOc1nccc(-c2ccc(C)cc2)n1. The van der Waals surface area contributed by atoms with E-state index in [9.17, 15) is 0 Å². The summed E-state index contributed by atoms with van der Waals surface area (Å²) in [6, 6.07) is 10.5. The Morgan fingerprint density at radius 1 is 1.06 bits per heavy atom. The van der Waals surface area contributed by atoms with Gasteiger partial charge in [-0.3, -0.25) is 0 Å². The van der Waals surface area contributed by atoms with Gasteiger partial charge in [0.05, 0.1) is 12.3 Å². The number of ether oxygens (including phenoxy) is 1. The van der Waals surface area contributed by atoms with Crippen LogP contribution in [0.1, 0.15) is 26.3 Å². The first-order chi connectivity index (χ1) is 8.79. The predicted molar refractivity (Wildman–Crippen MR) is 74.7 cm³/mol. The highest BCUT2D eigenvalue weighted by Gasteiger charge is 2.01. The number of nitrogens with zero attached hydrogens (tertiary/aromatic N) is 2. The standard InChI is InChI=1S/C13H14N2O.C2H6/c1-3-16-13-14-9-8-12(15-13)11-6-4-10(2)5-7-11;1-2/h4-9H,3H2,1-2H3;1-2H3. The van der Waals surface area contributed by atoms with Crippen LogP contribution in [0.4, 0.5) is 0 Å². The Hall–Kier alpha value is -1.90. The van der Waals surface area contributed by atoms with Crippen LogP contribution in [0.3, 0.4) is 0 Å². The summed E-state index contributed by atoms with van der Waals surface area (Å²) in [5.74, 6) is 0. The normalized spacial score (nSPS) is 9.33. The summed E-state index contributed by atoms with van der Waals surface area (Å²) in [6.07, 6.45) is 1.72. The van der Waals surface area contributed by atoms with Gasteiger partial charge in [0.2, 0.25) is 0 Å². The molecule has 1 heterocycles. The van der Waals surface area contributed by atoms with E-state index in [4.69, 9.17) is 4.74 Å². The van der Waals surface area contributed by atoms with Crippen molar-refractivity contribution in [2.45, 2.75) is 27.7 Å². The van der Waals surface area contributed by atoms with Gasteiger partial charge < -0.3 is 4.74 Å². The molecule has 0 saturated carbocycles. The maximum absolute atomic E-state index is 5.27. The maximum atomic E-state index is 5.27. The molecule has 0 spiro atoms. The maximum Gasteiger partial charge on any atom is 0.316 e. The molecule has 0 radical (unpaired) electrons. The Morgan fingerprint density at radius 3 is 2.33 bits per heavy atom. The van der Waals surface area contributed by atoms with Gasteiger partial charge in [0.25, 0.3) is 0 Å². The average Bonchev–Trinajstić information content (AvgIpc) is 2.43. The van der Waals surface area contributed by atoms with Gasteiger partial charge in [-0.1, -0.05) is 43.7 Å². The molecule has 18 heavy (non-hydrogen) atoms. The summed E-state index contributed by atoms with van der Waals surface area (Å²) in [7, 11) is 0. The van der Waals surface area contributed by atoms with Gasteiger partial charge in [-0.15, -0.1) is 0 Å². The topological polar surface area (TPSA) is 35.0 Å². The fourth-order valence-electron chi connectivity index (χ4n) is 1.42. The molecule has 3 nitrogen and oxygen atoms in total. The van der Waals surface area contributed by atoms with E-state index in [0.717, 1.165) is 11.3 Å². The van der Waals surface area contributed by atoms with E-state index >= 15 is 0 Å². The molecule has 0 atom stereocenters. The minimum absolute atomic E-state index is 0.431. The first-order valence-corrected chi connectivity index (χ1v) is 6.32. The monoisotopic (exact) mass is 244 g/mol. The summed E-state index contributed by atoms with van der Waals surface area (Å²) in [5.41, 5.74) is 3.20. The molecule has 0 aliphatic carbocycles. The second-order valence-corrected chi connectivity index (χ2v) is 3.52. The van der Waals surface area contributed by atoms with Crippen molar-refractivity contribution in [3.63, 3.8) is 0 Å². The van der Waals surface area contributed by atoms with Crippen molar-refractivity contribution in [1.29, 1.82) is 0 Å². The second-order valence-electron chi connectivity index (χ2n) is 3.52. The Labute approximate surface area is 109 Å². The Morgan fingerprint density at radius 2 is 1.72 bits per heavy atom. The summed E-state index contributed by atoms with van der Waals surface area (Å²) < 4.78 is 5.27. The van der Waals surface area contributed by atoms with Crippen molar-refractivity contribution in [2.75, 3.05) is 6.61 Å².